The molecular weight excluding hydrogens is 1620 g/mol. The molecule has 12 heterocycles. The molecule has 12 aromatic heterocycles. The van der Waals surface area contributed by atoms with Crippen LogP contribution in [0.4, 0.5) is 13.2 Å². The highest BCUT2D eigenvalue weighted by Gasteiger charge is 2.27. The Morgan fingerprint density at radius 3 is 1.25 bits per heavy atom. The summed E-state index contributed by atoms with van der Waals surface area (Å²) in [5, 5.41) is 22.7. The fraction of sp³-hybridized carbons (Fsp3) is 0.202. The fourth-order valence-corrected chi connectivity index (χ4v) is 16.1. The van der Waals surface area contributed by atoms with Gasteiger partial charge in [-0.1, -0.05) is 115 Å². The van der Waals surface area contributed by atoms with Crippen LogP contribution in [0.3, 0.4) is 0 Å². The zero-order valence-corrected chi connectivity index (χ0v) is 72.9. The third kappa shape index (κ3) is 19.5. The van der Waals surface area contributed by atoms with Crippen LogP contribution in [-0.4, -0.2) is 103 Å². The Labute approximate surface area is 743 Å². The first-order chi connectivity index (χ1) is 62.8. The Kier molecular flexibility index (Phi) is 24.5. The van der Waals surface area contributed by atoms with Crippen LogP contribution >= 0.6 is 0 Å². The fourth-order valence-electron chi connectivity index (χ4n) is 16.1. The number of hydrogen-bond acceptors (Lipinski definition) is 13. The van der Waals surface area contributed by atoms with Crippen LogP contribution < -0.4 is 5.56 Å². The molecule has 0 unspecified atom stereocenters. The second-order valence-electron chi connectivity index (χ2n) is 33.4. The molecule has 0 amide bonds. The number of benzene rings is 8. The summed E-state index contributed by atoms with van der Waals surface area (Å²) in [6.45, 7) is 12.5. The molecule has 0 saturated heterocycles. The predicted octanol–water partition coefficient (Wildman–Crippen LogP) is 21.9. The number of aromatic nitrogens is 21. The quantitative estimate of drug-likeness (QED) is 0.0465. The van der Waals surface area contributed by atoms with Crippen molar-refractivity contribution in [1.82, 2.24) is 103 Å². The van der Waals surface area contributed by atoms with E-state index in [4.69, 9.17) is 35.2 Å². The van der Waals surface area contributed by atoms with Gasteiger partial charge in [0, 0.05) is 134 Å². The number of nitrogens with one attached hydrogen (secondary N) is 4. The SMILES string of the molecule is CC(C)n1ccc(-c2[nH]c(CCc3ccccc3F)nc2-c2ccc3ncccc3c2)n1.Cc1cc(F)cc(CCc2nc(-c3ccc4ncn(C)c(=O)c4c3)c(-c3ccn(C4CC4)n3)[nH]2)c1.Cc1cccc(CCc2nc(-c3ccc4ncccc4c3)c(-c3ccn(C(C)C)n3)[nH]2)c1.Cn1ccc(-c2[nH]c(CCc3ccccc3F)nc2-c2ccc3ncccc3c2)n1. The number of imidazole rings is 4. The molecule has 0 aliphatic heterocycles. The van der Waals surface area contributed by atoms with Gasteiger partial charge >= 0.3 is 0 Å². The molecule has 1 aliphatic rings. The number of aryl methyl sites for hydroxylation is 12. The first kappa shape index (κ1) is 84.4. The number of H-pyrrole nitrogens is 4. The highest BCUT2D eigenvalue weighted by atomic mass is 19.1. The van der Waals surface area contributed by atoms with Crippen molar-refractivity contribution < 1.29 is 13.2 Å². The Balaban J connectivity index is 0.000000116. The molecule has 21 rings (SSSR count). The van der Waals surface area contributed by atoms with Crippen LogP contribution in [0.2, 0.25) is 0 Å². The molecular formula is C104H96F3N21O. The van der Waals surface area contributed by atoms with Crippen LogP contribution in [0, 0.1) is 31.3 Å². The normalized spacial score (nSPS) is 12.0. The molecule has 25 heteroatoms. The molecule has 20 aromatic rings. The van der Waals surface area contributed by atoms with Crippen molar-refractivity contribution in [1.29, 1.82) is 0 Å². The highest BCUT2D eigenvalue weighted by Crippen LogP contribution is 2.39. The first-order valence-electron chi connectivity index (χ1n) is 43.6. The van der Waals surface area contributed by atoms with Gasteiger partial charge in [-0.2, -0.15) is 20.4 Å². The lowest BCUT2D eigenvalue weighted by atomic mass is 10.1. The van der Waals surface area contributed by atoms with Crippen LogP contribution in [0.5, 0.6) is 0 Å². The summed E-state index contributed by atoms with van der Waals surface area (Å²) >= 11 is 0. The van der Waals surface area contributed by atoms with E-state index in [9.17, 15) is 18.0 Å². The van der Waals surface area contributed by atoms with E-state index in [2.05, 4.69) is 146 Å². The van der Waals surface area contributed by atoms with Gasteiger partial charge in [0.05, 0.1) is 85.4 Å². The van der Waals surface area contributed by atoms with E-state index in [1.807, 2.05) is 180 Å². The van der Waals surface area contributed by atoms with Gasteiger partial charge in [-0.3, -0.25) is 38.5 Å². The lowest BCUT2D eigenvalue weighted by Crippen LogP contribution is -2.16. The summed E-state index contributed by atoms with van der Waals surface area (Å²) in [6.07, 6.45) is 22.6. The predicted molar refractivity (Wildman–Crippen MR) is 502 cm³/mol. The van der Waals surface area contributed by atoms with Crippen LogP contribution in [-0.2, 0) is 65.5 Å². The number of pyridine rings is 3. The van der Waals surface area contributed by atoms with E-state index < -0.39 is 0 Å². The molecule has 22 nitrogen and oxygen atoms in total. The van der Waals surface area contributed by atoms with E-state index in [1.165, 1.54) is 40.2 Å². The van der Waals surface area contributed by atoms with Gasteiger partial charge in [0.25, 0.3) is 5.56 Å². The maximum absolute atomic E-state index is 14.1. The van der Waals surface area contributed by atoms with E-state index in [-0.39, 0.29) is 29.1 Å². The monoisotopic (exact) mass is 1710 g/mol. The molecule has 0 spiro atoms. The maximum atomic E-state index is 14.1. The van der Waals surface area contributed by atoms with Gasteiger partial charge < -0.3 is 24.5 Å². The summed E-state index contributed by atoms with van der Waals surface area (Å²) in [5.41, 5.74) is 23.3. The average molecular weight is 1710 g/mol. The summed E-state index contributed by atoms with van der Waals surface area (Å²) in [7, 11) is 3.58. The van der Waals surface area contributed by atoms with Gasteiger partial charge in [-0.05, 0) is 223 Å². The minimum absolute atomic E-state index is 0.103. The first-order valence-corrected chi connectivity index (χ1v) is 43.6. The van der Waals surface area contributed by atoms with Crippen molar-refractivity contribution >= 4 is 43.6 Å². The largest absolute Gasteiger partial charge is 0.340 e. The standard InChI is InChI=1S/C27H25FN6O.C27H27N5.C26H24FN5.C24H20FN5/c1-16-11-17(13-19(28)12-16)3-8-24-30-25(26(31-24)23-9-10-34(32-23)20-5-6-20)18-4-7-22-21(14-18)27(35)33(2)15-29-22;1-18(2)32-15-13-24(31-32)27-26(22-10-11-23-21(17-22)8-5-14-28-23)29-25(30-27)12-9-20-7-4-6-19(3)16-20;1-17(2)32-15-13-23(31-32)26-25(20-9-11-22-19(16-20)7-5-14-28-22)29-24(30-26)12-10-18-6-3-4-8-21(18)27;1-30-14-12-21(29-30)24-23(18-8-10-20-17(15-18)6-4-13-26-20)27-22(28-24)11-9-16-5-2-3-7-19(16)25/h4,7,9-15,20H,3,5-6,8H2,1-2H3,(H,30,31);4-8,10-11,13-18H,9,12H2,1-3H3,(H,29,30);3-9,11,13-17H,10,12H2,1-2H3,(H,29,30);2-8,10,12-15H,9,11H2,1H3,(H,27,28). The number of nitrogens with zero attached hydrogens (tertiary/aromatic N) is 17. The van der Waals surface area contributed by atoms with Gasteiger partial charge in [-0.15, -0.1) is 0 Å². The van der Waals surface area contributed by atoms with Crippen LogP contribution in [0.1, 0.15) is 115 Å². The third-order valence-corrected chi connectivity index (χ3v) is 23.0. The van der Waals surface area contributed by atoms with Crippen molar-refractivity contribution in [2.24, 2.45) is 14.1 Å². The number of hydrogen-bond donors (Lipinski definition) is 4. The smallest absolute Gasteiger partial charge is 0.260 e. The molecule has 8 aromatic carbocycles. The number of halogens is 3. The Hall–Kier alpha value is -15.4. The minimum Gasteiger partial charge on any atom is -0.340 e. The van der Waals surface area contributed by atoms with E-state index in [1.54, 1.807) is 42.3 Å². The van der Waals surface area contributed by atoms with Crippen LogP contribution in [0.25, 0.3) is 134 Å². The minimum atomic E-state index is -0.224. The van der Waals surface area contributed by atoms with E-state index >= 15 is 0 Å². The number of rotatable bonds is 23. The van der Waals surface area contributed by atoms with Crippen molar-refractivity contribution in [3.8, 4) is 90.6 Å². The summed E-state index contributed by atoms with van der Waals surface area (Å²) in [6, 6.07) is 72.8. The van der Waals surface area contributed by atoms with E-state index in [0.29, 0.717) is 72.6 Å². The van der Waals surface area contributed by atoms with Crippen molar-refractivity contribution in [2.75, 3.05) is 0 Å². The second-order valence-corrected chi connectivity index (χ2v) is 33.4. The molecule has 0 radical (unpaired) electrons. The zero-order valence-electron chi connectivity index (χ0n) is 72.9. The molecule has 1 saturated carbocycles. The van der Waals surface area contributed by atoms with Crippen molar-refractivity contribution in [3.05, 3.63) is 359 Å². The van der Waals surface area contributed by atoms with Crippen molar-refractivity contribution in [2.45, 2.75) is 124 Å². The zero-order chi connectivity index (χ0) is 88.8. The van der Waals surface area contributed by atoms with Gasteiger partial charge in [0.2, 0.25) is 0 Å². The molecule has 129 heavy (non-hydrogen) atoms. The lowest BCUT2D eigenvalue weighted by molar-refractivity contribution is 0.534. The maximum Gasteiger partial charge on any atom is 0.260 e. The summed E-state index contributed by atoms with van der Waals surface area (Å²) in [4.78, 5) is 64.0. The number of aromatic amines is 4. The molecule has 0 atom stereocenters. The highest BCUT2D eigenvalue weighted by molar-refractivity contribution is 5.91. The molecule has 1 aliphatic carbocycles. The van der Waals surface area contributed by atoms with E-state index in [0.717, 1.165) is 183 Å². The van der Waals surface area contributed by atoms with Gasteiger partial charge in [0.15, 0.2) is 0 Å². The average Bonchev–Trinajstić information content (AvgIpc) is 1.56. The summed E-state index contributed by atoms with van der Waals surface area (Å²) in [5.74, 6) is 2.79. The van der Waals surface area contributed by atoms with Crippen LogP contribution in [0.15, 0.2) is 279 Å². The second kappa shape index (κ2) is 37.4. The van der Waals surface area contributed by atoms with Crippen molar-refractivity contribution in [3.63, 3.8) is 0 Å². The molecule has 0 bridgehead atoms. The Morgan fingerprint density at radius 1 is 0.380 bits per heavy atom. The topological polar surface area (TPSA) is 260 Å². The van der Waals surface area contributed by atoms with Gasteiger partial charge in [-0.25, -0.2) is 38.1 Å². The Bertz CT molecular complexity index is 7450. The number of fused-ring (bicyclic) bond motifs is 4. The Morgan fingerprint density at radius 2 is 0.806 bits per heavy atom. The molecule has 1 fully saturated rings. The molecule has 644 valence electrons. The molecule has 4 N–H and O–H groups in total. The third-order valence-electron chi connectivity index (χ3n) is 23.0. The summed E-state index contributed by atoms with van der Waals surface area (Å²) < 4.78 is 51.1. The van der Waals surface area contributed by atoms with Gasteiger partial charge in [0.1, 0.15) is 63.5 Å². The lowest BCUT2D eigenvalue weighted by Gasteiger charge is -2.05.